The predicted octanol–water partition coefficient (Wildman–Crippen LogP) is 10.5. The van der Waals surface area contributed by atoms with Crippen molar-refractivity contribution in [2.45, 2.75) is 122 Å². The number of aliphatic hydroxyl groups excluding tert-OH is 1. The van der Waals surface area contributed by atoms with Gasteiger partial charge in [-0.3, -0.25) is 14.6 Å². The molecule has 0 aromatic heterocycles. The Kier molecular flexibility index (Phi) is 19.5. The minimum Gasteiger partial charge on any atom is -0.497 e. The Bertz CT molecular complexity index is 1410. The number of thioether (sulfide) groups is 1. The van der Waals surface area contributed by atoms with Crippen LogP contribution in [-0.4, -0.2) is 40.9 Å². The molecule has 49 heavy (non-hydrogen) atoms. The van der Waals surface area contributed by atoms with Crippen LogP contribution in [0.1, 0.15) is 108 Å². The first kappa shape index (κ1) is 41.6. The molecule has 1 aliphatic heterocycles. The molecule has 0 saturated carbocycles. The smallest absolute Gasteiger partial charge is 0.269 e. The summed E-state index contributed by atoms with van der Waals surface area (Å²) < 4.78 is 5.42. The third-order valence-electron chi connectivity index (χ3n) is 8.75. The number of methoxy groups -OCH3 is 1. The standard InChI is InChI=1S/C39H50N2O3S.C2H6.CH4O/c1-5-17-32-19-16-20-33(29-32)30-40-38(43)39(27-6-2,41(40)34-23-25-35(44-4)26-24-34)28-15-11-9-7-8-10-12-22-37(42)45-36-21-14-13-18-31(36)3;2*1-2/h5,13-14,16,18-21,23-26,29H,1,6-12,15,17,22,27-28,30H2,2-4H3;1-2H3;2H,1H3. The molecule has 268 valence electrons. The summed E-state index contributed by atoms with van der Waals surface area (Å²) in [7, 11) is 2.68. The van der Waals surface area contributed by atoms with Crippen LogP contribution >= 0.6 is 11.8 Å². The molecule has 7 heteroatoms. The van der Waals surface area contributed by atoms with Gasteiger partial charge in [0.2, 0.25) is 0 Å². The van der Waals surface area contributed by atoms with E-state index in [1.807, 2.05) is 55.3 Å². The van der Waals surface area contributed by atoms with E-state index in [2.05, 4.69) is 67.9 Å². The molecule has 1 unspecified atom stereocenters. The highest BCUT2D eigenvalue weighted by atomic mass is 32.2. The largest absolute Gasteiger partial charge is 0.497 e. The van der Waals surface area contributed by atoms with Gasteiger partial charge in [-0.1, -0.05) is 126 Å². The van der Waals surface area contributed by atoms with Gasteiger partial charge >= 0.3 is 0 Å². The number of carbonyl (C=O) groups excluding carboxylic acids is 2. The Morgan fingerprint density at radius 2 is 1.51 bits per heavy atom. The van der Waals surface area contributed by atoms with E-state index >= 15 is 0 Å². The SMILES string of the molecule is C=CCc1cccc(CN2C(=O)C(CCC)(CCCCCCCCCC(=O)Sc3ccccc3C)N2c2ccc(OC)cc2)c1.CC.CO. The van der Waals surface area contributed by atoms with Crippen molar-refractivity contribution in [3.8, 4) is 5.75 Å². The molecule has 1 amide bonds. The van der Waals surface area contributed by atoms with Crippen molar-refractivity contribution in [2.75, 3.05) is 19.2 Å². The van der Waals surface area contributed by atoms with Gasteiger partial charge in [-0.15, -0.1) is 6.58 Å². The van der Waals surface area contributed by atoms with Crippen LogP contribution in [-0.2, 0) is 22.6 Å². The fourth-order valence-electron chi connectivity index (χ4n) is 6.43. The van der Waals surface area contributed by atoms with Crippen molar-refractivity contribution >= 4 is 28.5 Å². The van der Waals surface area contributed by atoms with Gasteiger partial charge in [-0.25, -0.2) is 5.01 Å². The zero-order valence-electron chi connectivity index (χ0n) is 30.9. The summed E-state index contributed by atoms with van der Waals surface area (Å²) in [5.74, 6) is 1.03. The monoisotopic (exact) mass is 688 g/mol. The number of amides is 1. The number of ether oxygens (including phenoxy) is 1. The van der Waals surface area contributed by atoms with Crippen LogP contribution in [0.4, 0.5) is 5.69 Å². The van der Waals surface area contributed by atoms with Crippen molar-refractivity contribution in [3.63, 3.8) is 0 Å². The molecular weight excluding hydrogens is 629 g/mol. The van der Waals surface area contributed by atoms with Gasteiger partial charge in [0.25, 0.3) is 5.91 Å². The van der Waals surface area contributed by atoms with Gasteiger partial charge in [-0.05, 0) is 79.6 Å². The second-order valence-corrected chi connectivity index (χ2v) is 13.3. The van der Waals surface area contributed by atoms with Gasteiger partial charge in [0.1, 0.15) is 11.3 Å². The second kappa shape index (κ2) is 23.0. The van der Waals surface area contributed by atoms with Gasteiger partial charge in [0.05, 0.1) is 19.3 Å². The van der Waals surface area contributed by atoms with Gasteiger partial charge in [-0.2, -0.15) is 0 Å². The molecule has 3 aromatic carbocycles. The molecule has 0 bridgehead atoms. The van der Waals surface area contributed by atoms with Crippen LogP contribution < -0.4 is 9.75 Å². The molecule has 1 heterocycles. The van der Waals surface area contributed by atoms with Crippen LogP contribution in [0, 0.1) is 6.92 Å². The molecular formula is C42H60N2O4S. The highest BCUT2D eigenvalue weighted by Crippen LogP contribution is 2.45. The van der Waals surface area contributed by atoms with E-state index in [1.165, 1.54) is 23.7 Å². The zero-order valence-corrected chi connectivity index (χ0v) is 31.7. The molecule has 1 aliphatic rings. The van der Waals surface area contributed by atoms with Crippen LogP contribution in [0.25, 0.3) is 0 Å². The summed E-state index contributed by atoms with van der Waals surface area (Å²) >= 11 is 1.38. The van der Waals surface area contributed by atoms with E-state index in [4.69, 9.17) is 9.84 Å². The van der Waals surface area contributed by atoms with E-state index in [0.29, 0.717) is 13.0 Å². The maximum atomic E-state index is 14.0. The van der Waals surface area contributed by atoms with Crippen molar-refractivity contribution in [1.29, 1.82) is 0 Å². The van der Waals surface area contributed by atoms with Crippen LogP contribution in [0.2, 0.25) is 0 Å². The molecule has 0 radical (unpaired) electrons. The van der Waals surface area contributed by atoms with Crippen molar-refractivity contribution in [1.82, 2.24) is 5.01 Å². The fraction of sp³-hybridized carbons (Fsp3) is 0.476. The second-order valence-electron chi connectivity index (χ2n) is 12.2. The number of aryl methyl sites for hydroxylation is 1. The normalized spacial score (nSPS) is 15.0. The highest BCUT2D eigenvalue weighted by molar-refractivity contribution is 8.13. The van der Waals surface area contributed by atoms with E-state index in [1.54, 1.807) is 7.11 Å². The molecule has 3 aromatic rings. The lowest BCUT2D eigenvalue weighted by molar-refractivity contribution is -0.156. The number of nitrogens with zero attached hydrogens (tertiary/aromatic N) is 2. The third kappa shape index (κ3) is 12.1. The predicted molar refractivity (Wildman–Crippen MR) is 207 cm³/mol. The number of hydrazine groups is 1. The first-order chi connectivity index (χ1) is 23.9. The van der Waals surface area contributed by atoms with Crippen molar-refractivity contribution in [2.24, 2.45) is 0 Å². The number of unbranched alkanes of at least 4 members (excludes halogenated alkanes) is 6. The minimum absolute atomic E-state index is 0.225. The van der Waals surface area contributed by atoms with E-state index in [0.717, 1.165) is 98.8 Å². The van der Waals surface area contributed by atoms with Crippen LogP contribution in [0.5, 0.6) is 5.75 Å². The number of hydrogen-bond acceptors (Lipinski definition) is 6. The molecule has 1 saturated heterocycles. The van der Waals surface area contributed by atoms with Gasteiger partial charge < -0.3 is 9.84 Å². The zero-order chi connectivity index (χ0) is 36.1. The number of aliphatic hydroxyl groups is 1. The molecule has 6 nitrogen and oxygen atoms in total. The number of anilines is 1. The summed E-state index contributed by atoms with van der Waals surface area (Å²) in [4.78, 5) is 27.5. The topological polar surface area (TPSA) is 70.1 Å². The maximum Gasteiger partial charge on any atom is 0.269 e. The molecule has 4 rings (SSSR count). The average molecular weight is 689 g/mol. The van der Waals surface area contributed by atoms with Gasteiger partial charge in [0.15, 0.2) is 5.12 Å². The molecule has 1 fully saturated rings. The van der Waals surface area contributed by atoms with E-state index in [9.17, 15) is 9.59 Å². The number of rotatable bonds is 19. The quantitative estimate of drug-likeness (QED) is 0.0768. The third-order valence-corrected chi connectivity index (χ3v) is 9.86. The number of carbonyl (C=O) groups is 2. The minimum atomic E-state index is -0.517. The summed E-state index contributed by atoms with van der Waals surface area (Å²) in [6.07, 6.45) is 13.6. The molecule has 1 N–H and O–H groups in total. The Labute approximate surface area is 300 Å². The van der Waals surface area contributed by atoms with Crippen molar-refractivity contribution in [3.05, 3.63) is 102 Å². The lowest BCUT2D eigenvalue weighted by Gasteiger charge is -2.60. The molecule has 0 aliphatic carbocycles. The summed E-state index contributed by atoms with van der Waals surface area (Å²) in [6, 6.07) is 24.6. The first-order valence-electron chi connectivity index (χ1n) is 18.1. The number of allylic oxidation sites excluding steroid dienone is 1. The fourth-order valence-corrected chi connectivity index (χ4v) is 7.30. The summed E-state index contributed by atoms with van der Waals surface area (Å²) in [6.45, 7) is 12.7. The number of benzene rings is 3. The van der Waals surface area contributed by atoms with Crippen LogP contribution in [0.3, 0.4) is 0 Å². The highest BCUT2D eigenvalue weighted by Gasteiger charge is 2.58. The maximum absolute atomic E-state index is 14.0. The Hall–Kier alpha value is -3.55. The summed E-state index contributed by atoms with van der Waals surface area (Å²) in [5, 5.41) is 11.5. The average Bonchev–Trinajstić information content (AvgIpc) is 3.13. The Morgan fingerprint density at radius 1 is 0.878 bits per heavy atom. The van der Waals surface area contributed by atoms with Crippen molar-refractivity contribution < 1.29 is 19.4 Å². The lowest BCUT2D eigenvalue weighted by Crippen LogP contribution is -2.77. The first-order valence-corrected chi connectivity index (χ1v) is 18.9. The Morgan fingerprint density at radius 3 is 2.14 bits per heavy atom. The van der Waals surface area contributed by atoms with E-state index < -0.39 is 5.54 Å². The number of hydrogen-bond donors (Lipinski definition) is 1. The lowest BCUT2D eigenvalue weighted by atomic mass is 9.81. The summed E-state index contributed by atoms with van der Waals surface area (Å²) in [5.41, 5.74) is 4.01. The van der Waals surface area contributed by atoms with Crippen LogP contribution in [0.15, 0.2) is 90.3 Å². The van der Waals surface area contributed by atoms with Gasteiger partial charge in [0, 0.05) is 18.4 Å². The molecule has 0 spiro atoms. The Balaban J connectivity index is 0.00000201. The van der Waals surface area contributed by atoms with E-state index in [-0.39, 0.29) is 11.0 Å². The molecule has 1 atom stereocenters.